The number of carbonyl (C=O) groups excluding carboxylic acids is 1. The molecule has 6 heteroatoms. The predicted molar refractivity (Wildman–Crippen MR) is 86.0 cm³/mol. The van der Waals surface area contributed by atoms with E-state index in [0.717, 1.165) is 12.1 Å². The smallest absolute Gasteiger partial charge is 0.221 e. The summed E-state index contributed by atoms with van der Waals surface area (Å²) in [7, 11) is 1.52. The number of nitrogens with two attached hydrogens (primary N) is 1. The highest BCUT2D eigenvalue weighted by Crippen LogP contribution is 2.19. The molecule has 0 saturated carbocycles. The van der Waals surface area contributed by atoms with Gasteiger partial charge in [-0.1, -0.05) is 23.7 Å². The molecule has 0 spiro atoms. The van der Waals surface area contributed by atoms with E-state index in [2.05, 4.69) is 4.99 Å². The lowest BCUT2D eigenvalue weighted by molar-refractivity contribution is -0.418. The van der Waals surface area contributed by atoms with E-state index in [-0.39, 0.29) is 22.5 Å². The zero-order chi connectivity index (χ0) is 17.0. The molecule has 0 amide bonds. The third-order valence-electron chi connectivity index (χ3n) is 3.28. The van der Waals surface area contributed by atoms with Crippen LogP contribution < -0.4 is 10.7 Å². The van der Waals surface area contributed by atoms with Crippen molar-refractivity contribution in [2.75, 3.05) is 7.05 Å². The number of aldehydes is 1. The maximum Gasteiger partial charge on any atom is 0.221 e. The molecule has 0 atom stereocenters. The Labute approximate surface area is 137 Å². The molecule has 3 nitrogen and oxygen atoms in total. The summed E-state index contributed by atoms with van der Waals surface area (Å²) in [6, 6.07) is 9.65. The lowest BCUT2D eigenvalue weighted by Gasteiger charge is -2.08. The van der Waals surface area contributed by atoms with E-state index in [1.807, 2.05) is 0 Å². The molecule has 0 aliphatic rings. The number of allylic oxidation sites excluding steroid dienone is 1. The average Bonchev–Trinajstić information content (AvgIpc) is 2.53. The molecule has 2 aromatic rings. The van der Waals surface area contributed by atoms with Crippen LogP contribution in [0.4, 0.5) is 8.78 Å². The van der Waals surface area contributed by atoms with Gasteiger partial charge in [-0.05, 0) is 29.8 Å². The molecular weight excluding hydrogens is 322 g/mol. The Morgan fingerprint density at radius 1 is 1.17 bits per heavy atom. The van der Waals surface area contributed by atoms with Crippen molar-refractivity contribution < 1.29 is 18.6 Å². The number of rotatable bonds is 4. The fraction of sp³-hybridized carbons (Fsp3) is 0.0588. The molecule has 0 heterocycles. The van der Waals surface area contributed by atoms with E-state index in [1.54, 1.807) is 24.3 Å². The van der Waals surface area contributed by atoms with E-state index in [9.17, 15) is 13.6 Å². The van der Waals surface area contributed by atoms with Crippen molar-refractivity contribution >= 4 is 29.3 Å². The summed E-state index contributed by atoms with van der Waals surface area (Å²) in [6.07, 6.45) is 0.526. The molecule has 0 aromatic heterocycles. The van der Waals surface area contributed by atoms with Crippen LogP contribution in [-0.2, 0) is 4.79 Å². The largest absolute Gasteiger partial charge is 0.397 e. The van der Waals surface area contributed by atoms with E-state index in [1.165, 1.54) is 13.1 Å². The Kier molecular flexibility index (Phi) is 5.24. The standard InChI is InChI=1S/C17H13ClF2N2O/c1-22-17(13-7-6-12(19)8-15(13)20)14(9-23)16(21)10-2-4-11(18)5-3-10/h2-9H,21H2,1H3/p+1. The Morgan fingerprint density at radius 2 is 1.83 bits per heavy atom. The van der Waals surface area contributed by atoms with Crippen molar-refractivity contribution in [2.45, 2.75) is 0 Å². The summed E-state index contributed by atoms with van der Waals surface area (Å²) in [5.74, 6) is -1.50. The highest BCUT2D eigenvalue weighted by atomic mass is 35.5. The molecule has 0 unspecified atom stereocenters. The van der Waals surface area contributed by atoms with Crippen LogP contribution in [0.5, 0.6) is 0 Å². The molecule has 23 heavy (non-hydrogen) atoms. The van der Waals surface area contributed by atoms with Crippen molar-refractivity contribution in [3.05, 3.63) is 75.8 Å². The molecule has 0 fully saturated rings. The first kappa shape index (κ1) is 16.8. The molecule has 3 N–H and O–H groups in total. The molecule has 2 aromatic carbocycles. The molecule has 0 aliphatic heterocycles. The Bertz CT molecular complexity index is 799. The number of hydrogen-bond acceptors (Lipinski definition) is 2. The fourth-order valence-corrected chi connectivity index (χ4v) is 2.27. The monoisotopic (exact) mass is 335 g/mol. The third-order valence-corrected chi connectivity index (χ3v) is 3.54. The summed E-state index contributed by atoms with van der Waals surface area (Å²) >= 11 is 5.82. The normalized spacial score (nSPS) is 12.8. The van der Waals surface area contributed by atoms with Crippen LogP contribution in [0.3, 0.4) is 0 Å². The van der Waals surface area contributed by atoms with Crippen LogP contribution in [-0.4, -0.2) is 19.0 Å². The SMILES string of the molecule is C[NH+]=C(C(C=O)=C(N)c1ccc(Cl)cc1)c1ccc(F)cc1F. The summed E-state index contributed by atoms with van der Waals surface area (Å²) in [5.41, 5.74) is 7.05. The van der Waals surface area contributed by atoms with E-state index in [4.69, 9.17) is 17.3 Å². The van der Waals surface area contributed by atoms with Gasteiger partial charge in [0.2, 0.25) is 5.71 Å². The summed E-state index contributed by atoms with van der Waals surface area (Å²) in [5, 5.41) is 0.525. The second-order valence-corrected chi connectivity index (χ2v) is 5.14. The Hall–Kier alpha value is -2.53. The minimum Gasteiger partial charge on any atom is -0.397 e. The maximum absolute atomic E-state index is 14.0. The molecule has 0 bridgehead atoms. The van der Waals surface area contributed by atoms with Crippen molar-refractivity contribution in [3.63, 3.8) is 0 Å². The van der Waals surface area contributed by atoms with Gasteiger partial charge in [-0.2, -0.15) is 0 Å². The maximum atomic E-state index is 14.0. The van der Waals surface area contributed by atoms with Crippen molar-refractivity contribution in [1.29, 1.82) is 0 Å². The summed E-state index contributed by atoms with van der Waals surface area (Å²) < 4.78 is 27.1. The molecule has 0 radical (unpaired) electrons. The van der Waals surface area contributed by atoms with Crippen molar-refractivity contribution in [3.8, 4) is 0 Å². The second-order valence-electron chi connectivity index (χ2n) is 4.70. The van der Waals surface area contributed by atoms with Gasteiger partial charge in [0.15, 0.2) is 6.29 Å². The van der Waals surface area contributed by atoms with Crippen LogP contribution in [0.25, 0.3) is 5.70 Å². The quantitative estimate of drug-likeness (QED) is 0.507. The highest BCUT2D eigenvalue weighted by Gasteiger charge is 2.22. The number of halogens is 3. The zero-order valence-corrected chi connectivity index (χ0v) is 13.0. The van der Waals surface area contributed by atoms with Gasteiger partial charge in [0.05, 0.1) is 11.3 Å². The van der Waals surface area contributed by atoms with Gasteiger partial charge in [0, 0.05) is 11.1 Å². The molecule has 0 saturated heterocycles. The van der Waals surface area contributed by atoms with E-state index < -0.39 is 11.6 Å². The number of benzene rings is 2. The average molecular weight is 336 g/mol. The first-order valence-corrected chi connectivity index (χ1v) is 7.07. The lowest BCUT2D eigenvalue weighted by Crippen LogP contribution is -2.69. The zero-order valence-electron chi connectivity index (χ0n) is 12.2. The van der Waals surface area contributed by atoms with Crippen molar-refractivity contribution in [1.82, 2.24) is 0 Å². The van der Waals surface area contributed by atoms with Gasteiger partial charge in [0.25, 0.3) is 0 Å². The number of hydrogen-bond donors (Lipinski definition) is 2. The van der Waals surface area contributed by atoms with E-state index >= 15 is 0 Å². The van der Waals surface area contributed by atoms with Gasteiger partial charge in [-0.15, -0.1) is 0 Å². The third kappa shape index (κ3) is 3.63. The number of nitrogens with one attached hydrogen (secondary N) is 1. The first-order chi connectivity index (χ1) is 11.0. The van der Waals surface area contributed by atoms with Crippen LogP contribution in [0.2, 0.25) is 5.02 Å². The Morgan fingerprint density at radius 3 is 2.35 bits per heavy atom. The minimum atomic E-state index is -0.794. The molecule has 2 rings (SSSR count). The number of carbonyl (C=O) groups is 1. The predicted octanol–water partition coefficient (Wildman–Crippen LogP) is 1.69. The van der Waals surface area contributed by atoms with E-state index in [0.29, 0.717) is 16.9 Å². The lowest BCUT2D eigenvalue weighted by atomic mass is 9.98. The van der Waals surface area contributed by atoms with Crippen LogP contribution in [0.15, 0.2) is 48.0 Å². The molecule has 118 valence electrons. The van der Waals surface area contributed by atoms with Gasteiger partial charge < -0.3 is 5.73 Å². The molecular formula is C17H14ClF2N2O+. The van der Waals surface area contributed by atoms with Gasteiger partial charge >= 0.3 is 0 Å². The first-order valence-electron chi connectivity index (χ1n) is 6.69. The summed E-state index contributed by atoms with van der Waals surface area (Å²) in [4.78, 5) is 14.3. The fourth-order valence-electron chi connectivity index (χ4n) is 2.15. The topological polar surface area (TPSA) is 57.1 Å². The molecule has 0 aliphatic carbocycles. The van der Waals surface area contributed by atoms with Gasteiger partial charge in [-0.3, -0.25) is 4.79 Å². The highest BCUT2D eigenvalue weighted by molar-refractivity contribution is 6.30. The van der Waals surface area contributed by atoms with Gasteiger partial charge in [-0.25, -0.2) is 13.8 Å². The van der Waals surface area contributed by atoms with Gasteiger partial charge in [0.1, 0.15) is 24.3 Å². The minimum absolute atomic E-state index is 0.0490. The Balaban J connectivity index is 2.59. The second kappa shape index (κ2) is 7.15. The van der Waals surface area contributed by atoms with Crippen LogP contribution >= 0.6 is 11.6 Å². The van der Waals surface area contributed by atoms with Crippen molar-refractivity contribution in [2.24, 2.45) is 5.73 Å². The van der Waals surface area contributed by atoms with Crippen LogP contribution in [0.1, 0.15) is 11.1 Å². The summed E-state index contributed by atoms with van der Waals surface area (Å²) in [6.45, 7) is 0. The van der Waals surface area contributed by atoms with Crippen LogP contribution in [0, 0.1) is 11.6 Å².